The number of aromatic nitrogens is 1. The average molecular weight is 367 g/mol. The van der Waals surface area contributed by atoms with Crippen molar-refractivity contribution in [1.29, 1.82) is 0 Å². The number of nitrogens with zero attached hydrogens (tertiary/aromatic N) is 1. The second kappa shape index (κ2) is 7.95. The van der Waals surface area contributed by atoms with Gasteiger partial charge in [-0.1, -0.05) is 35.9 Å². The molecule has 1 aromatic heterocycles. The van der Waals surface area contributed by atoms with Crippen LogP contribution in [0.3, 0.4) is 0 Å². The lowest BCUT2D eigenvalue weighted by Crippen LogP contribution is -2.32. The Balaban J connectivity index is 1.89. The molecule has 1 aliphatic carbocycles. The first-order valence-electron chi connectivity index (χ1n) is 9.51. The SMILES string of the molecule is Cc1ccc2c(c1)C=C(CCOS)c1cccnc1C2C1CCNCC1. The molecule has 26 heavy (non-hydrogen) atoms. The number of hydrogen-bond donors (Lipinski definition) is 2. The molecule has 1 aliphatic heterocycles. The minimum atomic E-state index is 0.356. The molecule has 136 valence electrons. The monoisotopic (exact) mass is 366 g/mol. The molecule has 2 aliphatic rings. The van der Waals surface area contributed by atoms with E-state index in [1.807, 2.05) is 6.20 Å². The summed E-state index contributed by atoms with van der Waals surface area (Å²) < 4.78 is 5.08. The Morgan fingerprint density at radius 3 is 2.88 bits per heavy atom. The summed E-state index contributed by atoms with van der Waals surface area (Å²) in [7, 11) is 0. The molecule has 4 heteroatoms. The number of benzene rings is 1. The van der Waals surface area contributed by atoms with Crippen molar-refractivity contribution in [2.75, 3.05) is 19.7 Å². The summed E-state index contributed by atoms with van der Waals surface area (Å²) in [6.45, 7) is 4.96. The molecule has 2 heterocycles. The molecular formula is C22H26N2OS. The Hall–Kier alpha value is -1.62. The quantitative estimate of drug-likeness (QED) is 0.612. The summed E-state index contributed by atoms with van der Waals surface area (Å²) in [5.41, 5.74) is 7.85. The second-order valence-corrected chi connectivity index (χ2v) is 7.64. The third kappa shape index (κ3) is 3.46. The Bertz CT molecular complexity index is 812. The van der Waals surface area contributed by atoms with Crippen molar-refractivity contribution in [2.45, 2.75) is 32.1 Å². The van der Waals surface area contributed by atoms with Crippen molar-refractivity contribution in [1.82, 2.24) is 10.3 Å². The van der Waals surface area contributed by atoms with Gasteiger partial charge in [-0.3, -0.25) is 4.98 Å². The van der Waals surface area contributed by atoms with Gasteiger partial charge in [-0.2, -0.15) is 0 Å². The highest BCUT2D eigenvalue weighted by Crippen LogP contribution is 2.44. The summed E-state index contributed by atoms with van der Waals surface area (Å²) in [5, 5.41) is 3.50. The zero-order valence-corrected chi connectivity index (χ0v) is 16.1. The zero-order valence-electron chi connectivity index (χ0n) is 15.2. The highest BCUT2D eigenvalue weighted by molar-refractivity contribution is 7.75. The number of thiol groups is 1. The Kier molecular flexibility index (Phi) is 5.44. The van der Waals surface area contributed by atoms with E-state index in [1.54, 1.807) is 0 Å². The van der Waals surface area contributed by atoms with Gasteiger partial charge in [0.1, 0.15) is 0 Å². The fraction of sp³-hybridized carbons (Fsp3) is 0.409. The van der Waals surface area contributed by atoms with Crippen molar-refractivity contribution in [3.63, 3.8) is 0 Å². The first kappa shape index (κ1) is 17.8. The van der Waals surface area contributed by atoms with Crippen LogP contribution in [-0.4, -0.2) is 24.7 Å². The van der Waals surface area contributed by atoms with E-state index in [1.165, 1.54) is 46.4 Å². The summed E-state index contributed by atoms with van der Waals surface area (Å²) in [5.74, 6) is 0.981. The highest BCUT2D eigenvalue weighted by Gasteiger charge is 2.32. The van der Waals surface area contributed by atoms with Crippen LogP contribution in [0.1, 0.15) is 53.1 Å². The predicted molar refractivity (Wildman–Crippen MR) is 110 cm³/mol. The van der Waals surface area contributed by atoms with Crippen LogP contribution in [0.5, 0.6) is 0 Å². The van der Waals surface area contributed by atoms with Crippen LogP contribution in [0, 0.1) is 12.8 Å². The van der Waals surface area contributed by atoms with Crippen molar-refractivity contribution in [2.24, 2.45) is 5.92 Å². The van der Waals surface area contributed by atoms with Gasteiger partial charge in [0.15, 0.2) is 0 Å². The topological polar surface area (TPSA) is 34.1 Å². The van der Waals surface area contributed by atoms with E-state index < -0.39 is 0 Å². The number of nitrogens with one attached hydrogen (secondary N) is 1. The maximum Gasteiger partial charge on any atom is 0.0651 e. The number of piperidine rings is 1. The van der Waals surface area contributed by atoms with E-state index in [2.05, 4.69) is 61.6 Å². The van der Waals surface area contributed by atoms with E-state index in [4.69, 9.17) is 9.17 Å². The molecule has 0 amide bonds. The molecule has 1 fully saturated rings. The van der Waals surface area contributed by atoms with Gasteiger partial charge in [0.05, 0.1) is 12.3 Å². The van der Waals surface area contributed by atoms with Crippen molar-refractivity contribution in [3.05, 3.63) is 64.5 Å². The van der Waals surface area contributed by atoms with E-state index in [9.17, 15) is 0 Å². The molecule has 0 radical (unpaired) electrons. The predicted octanol–water partition coefficient (Wildman–Crippen LogP) is 4.63. The van der Waals surface area contributed by atoms with Crippen LogP contribution in [-0.2, 0) is 4.18 Å². The Morgan fingerprint density at radius 2 is 2.08 bits per heavy atom. The third-order valence-electron chi connectivity index (χ3n) is 5.70. The minimum absolute atomic E-state index is 0.356. The van der Waals surface area contributed by atoms with E-state index in [0.29, 0.717) is 18.4 Å². The van der Waals surface area contributed by atoms with Gasteiger partial charge < -0.3 is 9.50 Å². The normalized spacial score (nSPS) is 20.1. The van der Waals surface area contributed by atoms with Crippen LogP contribution in [0.4, 0.5) is 0 Å². The average Bonchev–Trinajstić information content (AvgIpc) is 2.81. The molecule has 1 saturated heterocycles. The molecule has 1 unspecified atom stereocenters. The molecular weight excluding hydrogens is 340 g/mol. The zero-order chi connectivity index (χ0) is 17.9. The van der Waals surface area contributed by atoms with Crippen molar-refractivity contribution < 1.29 is 4.18 Å². The van der Waals surface area contributed by atoms with Gasteiger partial charge in [-0.15, -0.1) is 0 Å². The number of hydrogen-bond acceptors (Lipinski definition) is 4. The highest BCUT2D eigenvalue weighted by atomic mass is 32.1. The van der Waals surface area contributed by atoms with Gasteiger partial charge in [0, 0.05) is 12.1 Å². The van der Waals surface area contributed by atoms with Gasteiger partial charge in [-0.05, 0) is 86.4 Å². The lowest BCUT2D eigenvalue weighted by molar-refractivity contribution is 0.338. The smallest absolute Gasteiger partial charge is 0.0651 e. The van der Waals surface area contributed by atoms with Crippen LogP contribution >= 0.6 is 12.9 Å². The van der Waals surface area contributed by atoms with E-state index in [0.717, 1.165) is 19.5 Å². The van der Waals surface area contributed by atoms with Gasteiger partial charge in [0.25, 0.3) is 0 Å². The summed E-state index contributed by atoms with van der Waals surface area (Å²) in [6.07, 6.45) is 7.52. The first-order valence-corrected chi connectivity index (χ1v) is 9.88. The standard InChI is InChI=1S/C22H26N2OS/c1-15-4-5-19-18(13-15)14-17(8-12-25-26)20-3-2-9-24-22(20)21(19)16-6-10-23-11-7-16/h2-5,9,13-14,16,21,23,26H,6-8,10-12H2,1H3. The lowest BCUT2D eigenvalue weighted by Gasteiger charge is -2.32. The molecule has 0 bridgehead atoms. The van der Waals surface area contributed by atoms with Crippen molar-refractivity contribution in [3.8, 4) is 0 Å². The molecule has 1 N–H and O–H groups in total. The van der Waals surface area contributed by atoms with E-state index >= 15 is 0 Å². The molecule has 1 atom stereocenters. The number of aryl methyl sites for hydroxylation is 1. The fourth-order valence-corrected chi connectivity index (χ4v) is 4.56. The van der Waals surface area contributed by atoms with Crippen LogP contribution < -0.4 is 5.32 Å². The maximum absolute atomic E-state index is 5.08. The largest absolute Gasteiger partial charge is 0.318 e. The molecule has 0 spiro atoms. The van der Waals surface area contributed by atoms with Gasteiger partial charge in [-0.25, -0.2) is 0 Å². The third-order valence-corrected chi connectivity index (χ3v) is 5.89. The van der Waals surface area contributed by atoms with Crippen LogP contribution in [0.25, 0.3) is 11.6 Å². The molecule has 2 aromatic rings. The molecule has 3 nitrogen and oxygen atoms in total. The minimum Gasteiger partial charge on any atom is -0.318 e. The van der Waals surface area contributed by atoms with Crippen LogP contribution in [0.2, 0.25) is 0 Å². The number of fused-ring (bicyclic) bond motifs is 2. The number of rotatable bonds is 4. The van der Waals surface area contributed by atoms with Crippen molar-refractivity contribution >= 4 is 24.6 Å². The summed E-state index contributed by atoms with van der Waals surface area (Å²) in [4.78, 5) is 4.89. The Morgan fingerprint density at radius 1 is 1.23 bits per heavy atom. The van der Waals surface area contributed by atoms with Crippen LogP contribution in [0.15, 0.2) is 36.5 Å². The second-order valence-electron chi connectivity index (χ2n) is 7.39. The molecule has 4 rings (SSSR count). The summed E-state index contributed by atoms with van der Waals surface area (Å²) >= 11 is 3.94. The van der Waals surface area contributed by atoms with Gasteiger partial charge in [0.2, 0.25) is 0 Å². The maximum atomic E-state index is 5.08. The number of pyridine rings is 1. The van der Waals surface area contributed by atoms with E-state index in [-0.39, 0.29) is 0 Å². The van der Waals surface area contributed by atoms with Gasteiger partial charge >= 0.3 is 0 Å². The fourth-order valence-electron chi connectivity index (χ4n) is 4.47. The first-order chi connectivity index (χ1) is 12.8. The lowest BCUT2D eigenvalue weighted by atomic mass is 9.76. The molecule has 0 saturated carbocycles. The molecule has 1 aromatic carbocycles. The Labute approximate surface area is 161 Å². The summed E-state index contributed by atoms with van der Waals surface area (Å²) in [6, 6.07) is 11.2.